The summed E-state index contributed by atoms with van der Waals surface area (Å²) in [6.07, 6.45) is -2.33. The van der Waals surface area contributed by atoms with E-state index in [0.717, 1.165) is 0 Å². The Balaban J connectivity index is 1.91. The van der Waals surface area contributed by atoms with Gasteiger partial charge in [0, 0.05) is 0 Å². The van der Waals surface area contributed by atoms with E-state index in [1.807, 2.05) is 27.7 Å². The van der Waals surface area contributed by atoms with Gasteiger partial charge in [-0.3, -0.25) is 0 Å². The van der Waals surface area contributed by atoms with Crippen LogP contribution in [0.4, 0.5) is 0 Å². The van der Waals surface area contributed by atoms with E-state index in [4.69, 9.17) is 30.5 Å². The first kappa shape index (κ1) is 13.1. The number of fused-ring (bicyclic) bond motifs is 3. The lowest BCUT2D eigenvalue weighted by atomic mass is 9.87. The van der Waals surface area contributed by atoms with E-state index >= 15 is 0 Å². The summed E-state index contributed by atoms with van der Waals surface area (Å²) >= 11 is 6.26. The lowest BCUT2D eigenvalue weighted by Gasteiger charge is -2.37. The van der Waals surface area contributed by atoms with E-state index in [1.165, 1.54) is 0 Å². The largest absolute Gasteiger partial charge is 0.389 e. The molecule has 3 aliphatic rings. The van der Waals surface area contributed by atoms with Gasteiger partial charge in [0.1, 0.15) is 30.5 Å². The Morgan fingerprint density at radius 3 is 1.72 bits per heavy atom. The predicted molar refractivity (Wildman–Crippen MR) is 63.3 cm³/mol. The van der Waals surface area contributed by atoms with Crippen LogP contribution in [-0.4, -0.2) is 52.6 Å². The summed E-state index contributed by atoms with van der Waals surface area (Å²) in [6.45, 7) is 7.29. The summed E-state index contributed by atoms with van der Waals surface area (Å²) in [5.74, 6) is -1.45. The van der Waals surface area contributed by atoms with Gasteiger partial charge in [0.15, 0.2) is 11.6 Å². The molecule has 0 spiro atoms. The number of aliphatic hydroxyl groups excluding tert-OH is 1. The van der Waals surface area contributed by atoms with Gasteiger partial charge in [0.2, 0.25) is 0 Å². The molecule has 2 saturated heterocycles. The van der Waals surface area contributed by atoms with Gasteiger partial charge in [-0.25, -0.2) is 0 Å². The van der Waals surface area contributed by atoms with Crippen LogP contribution in [0, 0.1) is 0 Å². The van der Waals surface area contributed by atoms with Crippen molar-refractivity contribution in [2.24, 2.45) is 0 Å². The molecule has 2 heterocycles. The summed E-state index contributed by atoms with van der Waals surface area (Å²) in [5.41, 5.74) is 0. The Bertz CT molecular complexity index is 324. The van der Waals surface area contributed by atoms with Gasteiger partial charge in [-0.15, -0.1) is 11.6 Å². The second-order valence-electron chi connectivity index (χ2n) is 6.06. The van der Waals surface area contributed by atoms with E-state index in [1.54, 1.807) is 0 Å². The lowest BCUT2D eigenvalue weighted by Crippen LogP contribution is -2.59. The molecule has 3 fully saturated rings. The summed E-state index contributed by atoms with van der Waals surface area (Å²) in [4.78, 5) is 0. The van der Waals surface area contributed by atoms with E-state index in [-0.39, 0.29) is 18.3 Å². The zero-order valence-electron chi connectivity index (χ0n) is 10.9. The van der Waals surface area contributed by atoms with Crippen molar-refractivity contribution in [2.45, 2.75) is 75.2 Å². The third-order valence-corrected chi connectivity index (χ3v) is 4.13. The van der Waals surface area contributed by atoms with Crippen LogP contribution in [0.5, 0.6) is 0 Å². The molecular formula is C12H19ClO5. The van der Waals surface area contributed by atoms with Crippen LogP contribution in [0.3, 0.4) is 0 Å². The fraction of sp³-hybridized carbons (Fsp3) is 1.00. The molecular weight excluding hydrogens is 260 g/mol. The van der Waals surface area contributed by atoms with E-state index < -0.39 is 29.2 Å². The van der Waals surface area contributed by atoms with Crippen LogP contribution < -0.4 is 0 Å². The Labute approximate surface area is 111 Å². The number of alkyl halides is 1. The highest BCUT2D eigenvalue weighted by Gasteiger charge is 2.62. The highest BCUT2D eigenvalue weighted by Crippen LogP contribution is 2.46. The zero-order chi connectivity index (χ0) is 13.3. The van der Waals surface area contributed by atoms with Crippen molar-refractivity contribution in [1.29, 1.82) is 0 Å². The molecule has 3 rings (SSSR count). The topological polar surface area (TPSA) is 57.2 Å². The Kier molecular flexibility index (Phi) is 2.77. The fourth-order valence-electron chi connectivity index (χ4n) is 3.03. The van der Waals surface area contributed by atoms with Gasteiger partial charge < -0.3 is 24.1 Å². The van der Waals surface area contributed by atoms with E-state index in [0.29, 0.717) is 0 Å². The van der Waals surface area contributed by atoms with Crippen LogP contribution in [-0.2, 0) is 18.9 Å². The average molecular weight is 279 g/mol. The van der Waals surface area contributed by atoms with Gasteiger partial charge in [0.05, 0.1) is 5.38 Å². The molecule has 0 aromatic rings. The minimum atomic E-state index is -0.822. The Hall–Kier alpha value is 0.0900. The highest BCUT2D eigenvalue weighted by atomic mass is 35.5. The maximum absolute atomic E-state index is 10.2. The maximum atomic E-state index is 10.2. The molecule has 1 N–H and O–H groups in total. The molecule has 0 radical (unpaired) electrons. The van der Waals surface area contributed by atoms with Crippen molar-refractivity contribution < 1.29 is 24.1 Å². The molecule has 6 heteroatoms. The molecule has 6 atom stereocenters. The van der Waals surface area contributed by atoms with Gasteiger partial charge in [-0.2, -0.15) is 0 Å². The smallest absolute Gasteiger partial charge is 0.164 e. The van der Waals surface area contributed by atoms with Gasteiger partial charge in [0.25, 0.3) is 0 Å². The van der Waals surface area contributed by atoms with Gasteiger partial charge in [-0.1, -0.05) is 0 Å². The second kappa shape index (κ2) is 3.81. The number of halogens is 1. The first-order valence-corrected chi connectivity index (χ1v) is 6.67. The summed E-state index contributed by atoms with van der Waals surface area (Å²) < 4.78 is 23.2. The highest BCUT2D eigenvalue weighted by molar-refractivity contribution is 6.21. The number of ether oxygens (including phenoxy) is 4. The van der Waals surface area contributed by atoms with Crippen LogP contribution in [0.25, 0.3) is 0 Å². The van der Waals surface area contributed by atoms with Gasteiger partial charge in [-0.05, 0) is 27.7 Å². The molecule has 18 heavy (non-hydrogen) atoms. The predicted octanol–water partition coefficient (Wildman–Crippen LogP) is 1.01. The lowest BCUT2D eigenvalue weighted by molar-refractivity contribution is -0.177. The van der Waals surface area contributed by atoms with Crippen LogP contribution in [0.15, 0.2) is 0 Å². The monoisotopic (exact) mass is 278 g/mol. The van der Waals surface area contributed by atoms with Crippen LogP contribution in [0.2, 0.25) is 0 Å². The van der Waals surface area contributed by atoms with Crippen molar-refractivity contribution >= 4 is 11.6 Å². The van der Waals surface area contributed by atoms with E-state index in [9.17, 15) is 5.11 Å². The molecule has 1 aliphatic carbocycles. The molecule has 0 aromatic carbocycles. The fourth-order valence-corrected chi connectivity index (χ4v) is 3.37. The standard InChI is InChI=1S/C12H19ClO5/c1-11(2)15-7-5(13)6(14)8-10(9(7)17-11)18-12(3,4)16-8/h5-10,14H,1-4H3/t5-,6-,7-,8+,9-,10-/m1/s1. The van der Waals surface area contributed by atoms with Crippen molar-refractivity contribution in [2.75, 3.05) is 0 Å². The second-order valence-corrected chi connectivity index (χ2v) is 6.57. The number of aliphatic hydroxyl groups is 1. The van der Waals surface area contributed by atoms with Crippen LogP contribution >= 0.6 is 11.6 Å². The quantitative estimate of drug-likeness (QED) is 0.670. The number of hydrogen-bond acceptors (Lipinski definition) is 5. The zero-order valence-corrected chi connectivity index (χ0v) is 11.7. The normalized spacial score (nSPS) is 53.0. The molecule has 0 aromatic heterocycles. The number of hydrogen-bond donors (Lipinski definition) is 1. The maximum Gasteiger partial charge on any atom is 0.164 e. The van der Waals surface area contributed by atoms with Crippen molar-refractivity contribution in [3.8, 4) is 0 Å². The summed E-state index contributed by atoms with van der Waals surface area (Å²) in [7, 11) is 0. The van der Waals surface area contributed by atoms with Crippen molar-refractivity contribution in [3.05, 3.63) is 0 Å². The first-order valence-electron chi connectivity index (χ1n) is 6.24. The third-order valence-electron chi connectivity index (χ3n) is 3.63. The Morgan fingerprint density at radius 1 is 0.778 bits per heavy atom. The van der Waals surface area contributed by atoms with Gasteiger partial charge >= 0.3 is 0 Å². The molecule has 0 bridgehead atoms. The average Bonchev–Trinajstić information content (AvgIpc) is 2.71. The minimum absolute atomic E-state index is 0.308. The van der Waals surface area contributed by atoms with Crippen LogP contribution in [0.1, 0.15) is 27.7 Å². The SMILES string of the molecule is CC1(C)O[C@H]2[C@@H]3OC(C)(C)O[C@H]3[C@H](O)[C@@H](Cl)[C@H]2O1. The molecule has 0 amide bonds. The molecule has 104 valence electrons. The Morgan fingerprint density at radius 2 is 1.17 bits per heavy atom. The first-order chi connectivity index (χ1) is 8.20. The molecule has 1 saturated carbocycles. The summed E-state index contributed by atoms with van der Waals surface area (Å²) in [5, 5.41) is 9.67. The number of rotatable bonds is 0. The summed E-state index contributed by atoms with van der Waals surface area (Å²) in [6, 6.07) is 0. The molecule has 0 unspecified atom stereocenters. The van der Waals surface area contributed by atoms with E-state index in [2.05, 4.69) is 0 Å². The minimum Gasteiger partial charge on any atom is -0.389 e. The third kappa shape index (κ3) is 1.88. The molecule has 5 nitrogen and oxygen atoms in total. The van der Waals surface area contributed by atoms with Crippen molar-refractivity contribution in [1.82, 2.24) is 0 Å². The van der Waals surface area contributed by atoms with Crippen molar-refractivity contribution in [3.63, 3.8) is 0 Å². The molecule has 2 aliphatic heterocycles.